The molecule has 3 amide bonds. The molecule has 2 N–H and O–H groups in total. The van der Waals surface area contributed by atoms with E-state index in [-0.39, 0.29) is 13.1 Å². The largest absolute Gasteiger partial charge is 0.434 e. The number of hydrogen-bond donors (Lipinski definition) is 2. The van der Waals surface area contributed by atoms with Crippen molar-refractivity contribution in [2.45, 2.75) is 25.2 Å². The highest BCUT2D eigenvalue weighted by molar-refractivity contribution is 6.31. The fraction of sp³-hybridized carbons (Fsp3) is 0.316. The summed E-state index contributed by atoms with van der Waals surface area (Å²) in [6.45, 7) is 1.69. The summed E-state index contributed by atoms with van der Waals surface area (Å²) in [7, 11) is 0. The Hall–Kier alpha value is -2.66. The molecule has 2 atom stereocenters. The number of carbonyl (C=O) groups excluding carboxylic acids is 2. The minimum atomic E-state index is -4.93. The molecular weight excluding hydrogens is 482 g/mol. The van der Waals surface area contributed by atoms with Crippen LogP contribution in [0.5, 0.6) is 0 Å². The first-order chi connectivity index (χ1) is 14.9. The Morgan fingerprint density at radius 2 is 1.94 bits per heavy atom. The van der Waals surface area contributed by atoms with E-state index in [1.165, 1.54) is 6.92 Å². The lowest BCUT2D eigenvalue weighted by molar-refractivity contribution is -0.141. The van der Waals surface area contributed by atoms with Crippen LogP contribution in [0.2, 0.25) is 10.0 Å². The number of pyridine rings is 1. The van der Waals surface area contributed by atoms with E-state index in [0.29, 0.717) is 0 Å². The van der Waals surface area contributed by atoms with Crippen LogP contribution in [0.3, 0.4) is 0 Å². The van der Waals surface area contributed by atoms with Gasteiger partial charge in [0.05, 0.1) is 10.7 Å². The Morgan fingerprint density at radius 3 is 2.59 bits per heavy atom. The zero-order valence-corrected chi connectivity index (χ0v) is 17.7. The number of hydrogen-bond acceptors (Lipinski definition) is 3. The first-order valence-corrected chi connectivity index (χ1v) is 9.89. The molecule has 1 aliphatic rings. The Bertz CT molecular complexity index is 1070. The van der Waals surface area contributed by atoms with Gasteiger partial charge in [-0.05, 0) is 25.1 Å². The molecule has 13 heteroatoms. The van der Waals surface area contributed by atoms with Crippen molar-refractivity contribution in [1.82, 2.24) is 20.5 Å². The molecular formula is C19H15Cl2F5N4O2. The van der Waals surface area contributed by atoms with Crippen LogP contribution in [0.4, 0.5) is 26.7 Å². The normalized spacial score (nSPS) is 17.7. The molecule has 0 saturated carbocycles. The minimum Gasteiger partial charge on any atom is -0.353 e. The molecule has 1 aliphatic heterocycles. The second-order valence-corrected chi connectivity index (χ2v) is 7.66. The van der Waals surface area contributed by atoms with Crippen molar-refractivity contribution in [2.75, 3.05) is 13.1 Å². The SMILES string of the molecule is C[C@@H]1C(=O)NCCN1C(=O)N[C@@H](c1ccc(Cl)c(C(F)(F)F)n1)c1ccc(F)c(Cl)c1F. The van der Waals surface area contributed by atoms with Crippen LogP contribution >= 0.6 is 23.2 Å². The predicted octanol–water partition coefficient (Wildman–Crippen LogP) is 4.30. The summed E-state index contributed by atoms with van der Waals surface area (Å²) in [5.74, 6) is -2.82. The molecule has 172 valence electrons. The highest BCUT2D eigenvalue weighted by Gasteiger charge is 2.37. The second-order valence-electron chi connectivity index (χ2n) is 6.87. The number of urea groups is 1. The molecule has 2 aromatic rings. The highest BCUT2D eigenvalue weighted by Crippen LogP contribution is 2.36. The van der Waals surface area contributed by atoms with Crippen LogP contribution < -0.4 is 10.6 Å². The van der Waals surface area contributed by atoms with E-state index in [4.69, 9.17) is 23.2 Å². The summed E-state index contributed by atoms with van der Waals surface area (Å²) < 4.78 is 68.3. The first-order valence-electron chi connectivity index (χ1n) is 9.13. The van der Waals surface area contributed by atoms with Gasteiger partial charge < -0.3 is 15.5 Å². The third kappa shape index (κ3) is 4.73. The van der Waals surface area contributed by atoms with Gasteiger partial charge in [0.25, 0.3) is 0 Å². The third-order valence-electron chi connectivity index (χ3n) is 4.84. The topological polar surface area (TPSA) is 74.3 Å². The number of piperazine rings is 1. The van der Waals surface area contributed by atoms with Gasteiger partial charge in [-0.3, -0.25) is 4.79 Å². The number of nitrogens with zero attached hydrogens (tertiary/aromatic N) is 2. The van der Waals surface area contributed by atoms with Crippen LogP contribution in [0.25, 0.3) is 0 Å². The summed E-state index contributed by atoms with van der Waals surface area (Å²) in [5, 5.41) is 3.32. The second kappa shape index (κ2) is 9.07. The molecule has 0 bridgehead atoms. The molecule has 1 saturated heterocycles. The summed E-state index contributed by atoms with van der Waals surface area (Å²) >= 11 is 11.2. The van der Waals surface area contributed by atoms with Crippen molar-refractivity contribution in [2.24, 2.45) is 0 Å². The maximum absolute atomic E-state index is 14.8. The van der Waals surface area contributed by atoms with Gasteiger partial charge in [-0.1, -0.05) is 29.3 Å². The number of benzene rings is 1. The summed E-state index contributed by atoms with van der Waals surface area (Å²) in [5.41, 5.74) is -2.30. The summed E-state index contributed by atoms with van der Waals surface area (Å²) in [6.07, 6.45) is -4.93. The van der Waals surface area contributed by atoms with Crippen molar-refractivity contribution < 1.29 is 31.5 Å². The standard InChI is InChI=1S/C19H15Cl2F5N4O2/c1-8-17(31)27-6-7-30(8)18(32)29-15(9-2-4-11(22)13(21)14(9)23)12-5-3-10(20)16(28-12)19(24,25)26/h2-5,8,15H,6-7H2,1H3,(H,27,31)(H,29,32)/t8-,15-/m1/s1. The lowest BCUT2D eigenvalue weighted by Crippen LogP contribution is -2.58. The van der Waals surface area contributed by atoms with Crippen LogP contribution in [0.1, 0.15) is 29.9 Å². The van der Waals surface area contributed by atoms with Crippen molar-refractivity contribution in [3.05, 3.63) is 62.9 Å². The van der Waals surface area contributed by atoms with E-state index in [1.54, 1.807) is 0 Å². The van der Waals surface area contributed by atoms with E-state index < -0.39 is 68.8 Å². The van der Waals surface area contributed by atoms with Gasteiger partial charge in [0.2, 0.25) is 5.91 Å². The van der Waals surface area contributed by atoms with Crippen molar-refractivity contribution in [1.29, 1.82) is 0 Å². The quantitative estimate of drug-likeness (QED) is 0.491. The first kappa shape index (κ1) is 24.0. The summed E-state index contributed by atoms with van der Waals surface area (Å²) in [4.78, 5) is 29.3. The molecule has 0 aliphatic carbocycles. The zero-order chi connectivity index (χ0) is 23.8. The van der Waals surface area contributed by atoms with Crippen LogP contribution in [0, 0.1) is 11.6 Å². The van der Waals surface area contributed by atoms with Gasteiger partial charge in [-0.2, -0.15) is 13.2 Å². The molecule has 6 nitrogen and oxygen atoms in total. The lowest BCUT2D eigenvalue weighted by atomic mass is 10.0. The van der Waals surface area contributed by atoms with Crippen LogP contribution in [0.15, 0.2) is 24.3 Å². The monoisotopic (exact) mass is 496 g/mol. The van der Waals surface area contributed by atoms with Crippen molar-refractivity contribution in [3.8, 4) is 0 Å². The zero-order valence-electron chi connectivity index (χ0n) is 16.2. The number of nitrogens with one attached hydrogen (secondary N) is 2. The average molecular weight is 497 g/mol. The number of amides is 3. The molecule has 1 aromatic heterocycles. The maximum atomic E-state index is 14.8. The molecule has 3 rings (SSSR count). The molecule has 1 fully saturated rings. The van der Waals surface area contributed by atoms with Gasteiger partial charge in [0, 0.05) is 18.7 Å². The fourth-order valence-electron chi connectivity index (χ4n) is 3.16. The number of alkyl halides is 3. The fourth-order valence-corrected chi connectivity index (χ4v) is 3.54. The number of rotatable bonds is 3. The Balaban J connectivity index is 2.08. The molecule has 0 unspecified atom stereocenters. The van der Waals surface area contributed by atoms with E-state index in [2.05, 4.69) is 15.6 Å². The van der Waals surface area contributed by atoms with E-state index in [9.17, 15) is 31.5 Å². The van der Waals surface area contributed by atoms with Crippen LogP contribution in [-0.2, 0) is 11.0 Å². The van der Waals surface area contributed by atoms with Gasteiger partial charge in [-0.15, -0.1) is 0 Å². The van der Waals surface area contributed by atoms with Crippen LogP contribution in [-0.4, -0.2) is 41.0 Å². The van der Waals surface area contributed by atoms with Gasteiger partial charge in [0.15, 0.2) is 5.69 Å². The van der Waals surface area contributed by atoms with Crippen molar-refractivity contribution >= 4 is 35.1 Å². The minimum absolute atomic E-state index is 0.0972. The van der Waals surface area contributed by atoms with Gasteiger partial charge in [-0.25, -0.2) is 18.6 Å². The van der Waals surface area contributed by atoms with Gasteiger partial charge in [0.1, 0.15) is 28.7 Å². The number of aromatic nitrogens is 1. The predicted molar refractivity (Wildman–Crippen MR) is 105 cm³/mol. The Kier molecular flexibility index (Phi) is 6.80. The Labute approximate surface area is 188 Å². The van der Waals surface area contributed by atoms with E-state index >= 15 is 0 Å². The molecule has 32 heavy (non-hydrogen) atoms. The number of carbonyl (C=O) groups is 2. The van der Waals surface area contributed by atoms with Gasteiger partial charge >= 0.3 is 12.2 Å². The molecule has 2 heterocycles. The van der Waals surface area contributed by atoms with E-state index in [0.717, 1.165) is 29.2 Å². The molecule has 1 aromatic carbocycles. The smallest absolute Gasteiger partial charge is 0.353 e. The molecule has 0 spiro atoms. The highest BCUT2D eigenvalue weighted by atomic mass is 35.5. The third-order valence-corrected chi connectivity index (χ3v) is 5.49. The lowest BCUT2D eigenvalue weighted by Gasteiger charge is -2.34. The number of halogens is 7. The molecule has 0 radical (unpaired) electrons. The van der Waals surface area contributed by atoms with E-state index in [1.807, 2.05) is 0 Å². The van der Waals surface area contributed by atoms with Crippen molar-refractivity contribution in [3.63, 3.8) is 0 Å². The summed E-state index contributed by atoms with van der Waals surface area (Å²) in [6, 6.07) is 0.320. The average Bonchev–Trinajstić information content (AvgIpc) is 2.72. The Morgan fingerprint density at radius 1 is 1.25 bits per heavy atom. The maximum Gasteiger partial charge on any atom is 0.434 e.